The first-order chi connectivity index (χ1) is 16.7. The van der Waals surface area contributed by atoms with Crippen LogP contribution in [0.1, 0.15) is 19.4 Å². The molecule has 1 saturated heterocycles. The van der Waals surface area contributed by atoms with Crippen LogP contribution < -0.4 is 20.3 Å². The van der Waals surface area contributed by atoms with E-state index >= 15 is 0 Å². The van der Waals surface area contributed by atoms with Gasteiger partial charge in [-0.1, -0.05) is 0 Å². The third-order valence-corrected chi connectivity index (χ3v) is 6.25. The molecule has 3 heterocycles. The van der Waals surface area contributed by atoms with Gasteiger partial charge in [-0.05, 0) is 26.0 Å². The Labute approximate surface area is 205 Å². The van der Waals surface area contributed by atoms with Crippen molar-refractivity contribution in [1.29, 1.82) is 5.41 Å². The van der Waals surface area contributed by atoms with Crippen molar-refractivity contribution < 1.29 is 14.3 Å². The molecule has 3 aliphatic rings. The van der Waals surface area contributed by atoms with Gasteiger partial charge in [0, 0.05) is 77.0 Å². The van der Waals surface area contributed by atoms with Crippen molar-refractivity contribution in [3.63, 3.8) is 0 Å². The molecular formula is C25H33N7O3. The number of fused-ring (bicyclic) bond motifs is 1. The van der Waals surface area contributed by atoms with Gasteiger partial charge in [-0.15, -0.1) is 0 Å². The van der Waals surface area contributed by atoms with Gasteiger partial charge in [0.15, 0.2) is 0 Å². The Morgan fingerprint density at radius 1 is 1.26 bits per heavy atom. The van der Waals surface area contributed by atoms with Crippen LogP contribution in [0, 0.1) is 5.41 Å². The molecule has 1 fully saturated rings. The first-order valence-electron chi connectivity index (χ1n) is 11.7. The van der Waals surface area contributed by atoms with E-state index in [9.17, 15) is 9.59 Å². The van der Waals surface area contributed by atoms with Crippen molar-refractivity contribution in [2.75, 3.05) is 57.0 Å². The number of aliphatic imine (C=N–C) groups is 1. The van der Waals surface area contributed by atoms with E-state index in [-0.39, 0.29) is 17.1 Å². The van der Waals surface area contributed by atoms with E-state index in [0.29, 0.717) is 31.1 Å². The standard InChI is InChI=1S/C25H33N7O3/c1-25(2)14-17-12-19(29-24(34)18(15-26)23-27-6-5-7-28-23)20(13-21(17)35-25)32-10-8-31(9-11-32)16-22(33)30(3)4/h5-7,12-13,15,26-27H,8-11,14,16H2,1-4H3,(H,29,34)/b23-18-,26-15?. The molecule has 10 nitrogen and oxygen atoms in total. The number of nitrogens with one attached hydrogen (secondary N) is 3. The summed E-state index contributed by atoms with van der Waals surface area (Å²) in [6, 6.07) is 3.97. The Bertz CT molecular complexity index is 1110. The van der Waals surface area contributed by atoms with Crippen molar-refractivity contribution >= 4 is 35.6 Å². The number of anilines is 2. The van der Waals surface area contributed by atoms with Crippen molar-refractivity contribution in [1.82, 2.24) is 15.1 Å². The van der Waals surface area contributed by atoms with Gasteiger partial charge in [-0.25, -0.2) is 4.99 Å². The maximum Gasteiger partial charge on any atom is 0.261 e. The van der Waals surface area contributed by atoms with Gasteiger partial charge in [-0.3, -0.25) is 14.5 Å². The third kappa shape index (κ3) is 5.54. The van der Waals surface area contributed by atoms with Crippen LogP contribution in [0.2, 0.25) is 0 Å². The maximum atomic E-state index is 13.2. The molecular weight excluding hydrogens is 446 g/mol. The molecule has 0 spiro atoms. The van der Waals surface area contributed by atoms with Gasteiger partial charge >= 0.3 is 0 Å². The number of hydrogen-bond acceptors (Lipinski definition) is 8. The van der Waals surface area contributed by atoms with Crippen LogP contribution in [0.15, 0.2) is 40.8 Å². The zero-order valence-corrected chi connectivity index (χ0v) is 20.7. The van der Waals surface area contributed by atoms with Crippen molar-refractivity contribution in [2.45, 2.75) is 25.9 Å². The lowest BCUT2D eigenvalue weighted by Crippen LogP contribution is -2.49. The van der Waals surface area contributed by atoms with Crippen LogP contribution in [0.5, 0.6) is 5.75 Å². The second kappa shape index (κ2) is 9.91. The number of carbonyl (C=O) groups excluding carboxylic acids is 2. The largest absolute Gasteiger partial charge is 0.487 e. The Morgan fingerprint density at radius 2 is 2.00 bits per heavy atom. The predicted octanol–water partition coefficient (Wildman–Crippen LogP) is 1.60. The molecule has 0 aliphatic carbocycles. The van der Waals surface area contributed by atoms with E-state index in [0.717, 1.165) is 42.7 Å². The molecule has 0 saturated carbocycles. The van der Waals surface area contributed by atoms with Gasteiger partial charge < -0.3 is 30.6 Å². The average Bonchev–Trinajstić information content (AvgIpc) is 3.13. The van der Waals surface area contributed by atoms with Crippen LogP contribution in [0.25, 0.3) is 0 Å². The topological polar surface area (TPSA) is 113 Å². The summed E-state index contributed by atoms with van der Waals surface area (Å²) in [5, 5.41) is 13.7. The molecule has 1 aromatic carbocycles. The number of rotatable bonds is 6. The molecule has 0 radical (unpaired) electrons. The second-order valence-corrected chi connectivity index (χ2v) is 9.71. The number of nitrogens with zero attached hydrogens (tertiary/aromatic N) is 4. The van der Waals surface area contributed by atoms with E-state index in [2.05, 4.69) is 25.4 Å². The fraction of sp³-hybridized carbons (Fsp3) is 0.440. The predicted molar refractivity (Wildman–Crippen MR) is 137 cm³/mol. The first kappa shape index (κ1) is 24.5. The van der Waals surface area contributed by atoms with Crippen molar-refractivity contribution in [2.24, 2.45) is 4.99 Å². The number of allylic oxidation sites excluding steroid dienone is 1. The SMILES string of the molecule is CN(C)C(=O)CN1CCN(c2cc3c(cc2NC(=O)/C(C=N)=C2\N=CC=CN2)CC(C)(C)O3)CC1. The first-order valence-corrected chi connectivity index (χ1v) is 11.7. The second-order valence-electron chi connectivity index (χ2n) is 9.71. The Morgan fingerprint density at radius 3 is 2.63 bits per heavy atom. The minimum atomic E-state index is -0.412. The number of amides is 2. The van der Waals surface area contributed by atoms with Crippen LogP contribution in [0.4, 0.5) is 11.4 Å². The van der Waals surface area contributed by atoms with E-state index < -0.39 is 5.91 Å². The number of piperazine rings is 1. The van der Waals surface area contributed by atoms with Crippen molar-refractivity contribution in [3.05, 3.63) is 41.4 Å². The maximum absolute atomic E-state index is 13.2. The van der Waals surface area contributed by atoms with Crippen molar-refractivity contribution in [3.8, 4) is 5.75 Å². The summed E-state index contributed by atoms with van der Waals surface area (Å²) in [6.45, 7) is 7.37. The van der Waals surface area contributed by atoms with E-state index in [1.54, 1.807) is 37.5 Å². The fourth-order valence-corrected chi connectivity index (χ4v) is 4.38. The highest BCUT2D eigenvalue weighted by Gasteiger charge is 2.33. The molecule has 0 unspecified atom stereocenters. The van der Waals surface area contributed by atoms with Gasteiger partial charge in [0.25, 0.3) is 5.91 Å². The lowest BCUT2D eigenvalue weighted by Gasteiger charge is -2.37. The molecule has 3 N–H and O–H groups in total. The van der Waals surface area contributed by atoms with Gasteiger partial charge in [0.1, 0.15) is 17.2 Å². The number of hydrogen-bond donors (Lipinski definition) is 3. The Hall–Kier alpha value is -3.66. The fourth-order valence-electron chi connectivity index (χ4n) is 4.38. The normalized spacial score (nSPS) is 19.9. The van der Waals surface area contributed by atoms with Crippen LogP contribution in [0.3, 0.4) is 0 Å². The molecule has 0 atom stereocenters. The lowest BCUT2D eigenvalue weighted by atomic mass is 10.0. The molecule has 10 heteroatoms. The zero-order valence-electron chi connectivity index (χ0n) is 20.7. The quantitative estimate of drug-likeness (QED) is 0.422. The van der Waals surface area contributed by atoms with Crippen LogP contribution >= 0.6 is 0 Å². The minimum absolute atomic E-state index is 0.0839. The van der Waals surface area contributed by atoms with Gasteiger partial charge in [-0.2, -0.15) is 0 Å². The molecule has 4 rings (SSSR count). The third-order valence-electron chi connectivity index (χ3n) is 6.25. The molecule has 35 heavy (non-hydrogen) atoms. The smallest absolute Gasteiger partial charge is 0.261 e. The molecule has 3 aliphatic heterocycles. The number of likely N-dealkylation sites (N-methyl/N-ethyl adjacent to an activating group) is 1. The average molecular weight is 480 g/mol. The number of ether oxygens (including phenoxy) is 1. The van der Waals surface area contributed by atoms with E-state index in [4.69, 9.17) is 10.1 Å². The molecule has 0 aromatic heterocycles. The molecule has 186 valence electrons. The van der Waals surface area contributed by atoms with E-state index in [1.165, 1.54) is 0 Å². The highest BCUT2D eigenvalue weighted by molar-refractivity contribution is 6.18. The zero-order chi connectivity index (χ0) is 25.2. The summed E-state index contributed by atoms with van der Waals surface area (Å²) in [5.41, 5.74) is 2.39. The highest BCUT2D eigenvalue weighted by Crippen LogP contribution is 2.42. The number of carbonyl (C=O) groups is 2. The van der Waals surface area contributed by atoms with Gasteiger partial charge in [0.05, 0.1) is 23.5 Å². The summed E-state index contributed by atoms with van der Waals surface area (Å²) in [6.07, 6.45) is 6.70. The van der Waals surface area contributed by atoms with Crippen LogP contribution in [-0.4, -0.2) is 86.5 Å². The van der Waals surface area contributed by atoms with Gasteiger partial charge in [0.2, 0.25) is 5.91 Å². The summed E-state index contributed by atoms with van der Waals surface area (Å²) < 4.78 is 6.17. The summed E-state index contributed by atoms with van der Waals surface area (Å²) >= 11 is 0. The molecule has 2 amide bonds. The minimum Gasteiger partial charge on any atom is -0.487 e. The lowest BCUT2D eigenvalue weighted by molar-refractivity contribution is -0.130. The Balaban J connectivity index is 1.58. The molecule has 0 bridgehead atoms. The number of benzene rings is 1. The monoisotopic (exact) mass is 479 g/mol. The Kier molecular flexibility index (Phi) is 6.93. The summed E-state index contributed by atoms with van der Waals surface area (Å²) in [5.74, 6) is 0.819. The van der Waals surface area contributed by atoms with E-state index in [1.807, 2.05) is 26.0 Å². The summed E-state index contributed by atoms with van der Waals surface area (Å²) in [7, 11) is 3.53. The highest BCUT2D eigenvalue weighted by atomic mass is 16.5. The summed E-state index contributed by atoms with van der Waals surface area (Å²) in [4.78, 5) is 35.4. The van der Waals surface area contributed by atoms with Crippen LogP contribution in [-0.2, 0) is 16.0 Å². The molecule has 1 aromatic rings.